The molecule has 0 spiro atoms. The molecule has 164 valence electrons. The van der Waals surface area contributed by atoms with E-state index in [1.807, 2.05) is 26.0 Å². The fourth-order valence-electron chi connectivity index (χ4n) is 3.64. The highest BCUT2D eigenvalue weighted by atomic mass is 32.2. The quantitative estimate of drug-likeness (QED) is 0.519. The van der Waals surface area contributed by atoms with Crippen molar-refractivity contribution in [1.82, 2.24) is 19.2 Å². The normalized spacial score (nSPS) is 19.0. The van der Waals surface area contributed by atoms with Crippen molar-refractivity contribution in [2.45, 2.75) is 13.8 Å². The molecule has 1 N–H and O–H groups in total. The van der Waals surface area contributed by atoms with Crippen molar-refractivity contribution in [3.8, 4) is 0 Å². The molecule has 0 atom stereocenters. The molecule has 2 aromatic rings. The van der Waals surface area contributed by atoms with E-state index in [0.717, 1.165) is 38.4 Å². The van der Waals surface area contributed by atoms with Crippen LogP contribution in [0.2, 0.25) is 0 Å². The summed E-state index contributed by atoms with van der Waals surface area (Å²) in [7, 11) is 0. The third-order valence-electron chi connectivity index (χ3n) is 5.37. The molecule has 4 heterocycles. The third-order valence-corrected chi connectivity index (χ3v) is 6.75. The number of carbonyl (C=O) groups excluding carboxylic acids is 1. The number of likely N-dealkylation sites (N-methyl/N-ethyl adjacent to an activating group) is 1. The number of nitrogens with one attached hydrogen (secondary N) is 1. The molecular weight excluding hydrogens is 434 g/mol. The van der Waals surface area contributed by atoms with Crippen LogP contribution in [0.3, 0.4) is 0 Å². The summed E-state index contributed by atoms with van der Waals surface area (Å²) in [6.07, 6.45) is 3.32. The Hall–Kier alpha value is -2.27. The van der Waals surface area contributed by atoms with Crippen LogP contribution in [-0.4, -0.2) is 75.3 Å². The second-order valence-corrected chi connectivity index (χ2v) is 9.05. The van der Waals surface area contributed by atoms with Crippen molar-refractivity contribution >= 4 is 51.7 Å². The number of pyridine rings is 1. The number of ether oxygens (including phenoxy) is 1. The molecule has 2 aliphatic rings. The zero-order chi connectivity index (χ0) is 22.0. The Morgan fingerprint density at radius 3 is 2.81 bits per heavy atom. The third kappa shape index (κ3) is 4.52. The van der Waals surface area contributed by atoms with Gasteiger partial charge in [0.25, 0.3) is 11.5 Å². The molecule has 0 radical (unpaired) electrons. The minimum absolute atomic E-state index is 0.175. The minimum Gasteiger partial charge on any atom is -0.379 e. The second kappa shape index (κ2) is 9.47. The average molecular weight is 460 g/mol. The number of hydrogen-bond donors (Lipinski definition) is 1. The minimum atomic E-state index is -0.218. The lowest BCUT2D eigenvalue weighted by Crippen LogP contribution is -2.39. The standard InChI is InChI=1S/C21H25N5O3S2/c1-3-25-20(28)16(31-21(25)30)13-15-17(22-6-8-24-9-11-29-12-10-24)23-18-14(2)5-4-7-26(18)19(15)27/h4-5,7,13,22H,3,6,8-12H2,1-2H3/b16-13-. The molecular formula is C21H25N5O3S2. The molecule has 0 bridgehead atoms. The highest BCUT2D eigenvalue weighted by Gasteiger charge is 2.31. The molecule has 2 aliphatic heterocycles. The topological polar surface area (TPSA) is 79.2 Å². The van der Waals surface area contributed by atoms with Gasteiger partial charge in [0.15, 0.2) is 0 Å². The van der Waals surface area contributed by atoms with Crippen molar-refractivity contribution < 1.29 is 9.53 Å². The van der Waals surface area contributed by atoms with Gasteiger partial charge < -0.3 is 10.1 Å². The number of aryl methyl sites for hydroxylation is 1. The second-order valence-electron chi connectivity index (χ2n) is 7.37. The number of fused-ring (bicyclic) bond motifs is 1. The van der Waals surface area contributed by atoms with E-state index in [0.29, 0.717) is 39.3 Å². The summed E-state index contributed by atoms with van der Waals surface area (Å²) in [5.41, 5.74) is 1.64. The highest BCUT2D eigenvalue weighted by molar-refractivity contribution is 8.26. The first-order chi connectivity index (χ1) is 15.0. The van der Waals surface area contributed by atoms with Crippen molar-refractivity contribution in [2.75, 3.05) is 51.3 Å². The van der Waals surface area contributed by atoms with Gasteiger partial charge in [-0.15, -0.1) is 0 Å². The molecule has 31 heavy (non-hydrogen) atoms. The molecule has 2 fully saturated rings. The van der Waals surface area contributed by atoms with E-state index in [4.69, 9.17) is 21.9 Å². The van der Waals surface area contributed by atoms with E-state index < -0.39 is 0 Å². The number of carbonyl (C=O) groups is 1. The van der Waals surface area contributed by atoms with Gasteiger partial charge in [0.2, 0.25) is 0 Å². The van der Waals surface area contributed by atoms with Crippen LogP contribution in [0.1, 0.15) is 18.1 Å². The van der Waals surface area contributed by atoms with Gasteiger partial charge in [-0.05, 0) is 31.6 Å². The lowest BCUT2D eigenvalue weighted by molar-refractivity contribution is -0.121. The summed E-state index contributed by atoms with van der Waals surface area (Å²) >= 11 is 6.53. The summed E-state index contributed by atoms with van der Waals surface area (Å²) in [4.78, 5) is 35.1. The van der Waals surface area contributed by atoms with Crippen LogP contribution in [-0.2, 0) is 9.53 Å². The lowest BCUT2D eigenvalue weighted by Gasteiger charge is -2.26. The van der Waals surface area contributed by atoms with Crippen LogP contribution in [0, 0.1) is 6.92 Å². The maximum absolute atomic E-state index is 13.3. The maximum atomic E-state index is 13.3. The predicted octanol–water partition coefficient (Wildman–Crippen LogP) is 1.97. The SMILES string of the molecule is CCN1C(=O)/C(=C/c2c(NCCN3CCOCC3)nc3c(C)cccn3c2=O)SC1=S. The number of thioether (sulfide) groups is 1. The Morgan fingerprint density at radius 2 is 2.10 bits per heavy atom. The van der Waals surface area contributed by atoms with Gasteiger partial charge >= 0.3 is 0 Å². The van der Waals surface area contributed by atoms with Crippen molar-refractivity contribution in [2.24, 2.45) is 0 Å². The van der Waals surface area contributed by atoms with Gasteiger partial charge in [-0.25, -0.2) is 4.98 Å². The van der Waals surface area contributed by atoms with Crippen LogP contribution < -0.4 is 10.9 Å². The van der Waals surface area contributed by atoms with Crippen LogP contribution >= 0.6 is 24.0 Å². The Morgan fingerprint density at radius 1 is 1.32 bits per heavy atom. The van der Waals surface area contributed by atoms with E-state index in [1.165, 1.54) is 21.1 Å². The molecule has 1 amide bonds. The van der Waals surface area contributed by atoms with Crippen molar-refractivity contribution in [3.05, 3.63) is 44.7 Å². The van der Waals surface area contributed by atoms with E-state index in [1.54, 1.807) is 12.3 Å². The molecule has 2 aromatic heterocycles. The largest absolute Gasteiger partial charge is 0.379 e. The number of morpholine rings is 1. The summed E-state index contributed by atoms with van der Waals surface area (Å²) < 4.78 is 7.42. The first kappa shape index (κ1) is 21.9. The van der Waals surface area contributed by atoms with Crippen molar-refractivity contribution in [3.63, 3.8) is 0 Å². The van der Waals surface area contributed by atoms with Crippen molar-refractivity contribution in [1.29, 1.82) is 0 Å². The number of thiocarbonyl (C=S) groups is 1. The number of anilines is 1. The van der Waals surface area contributed by atoms with Crippen LogP contribution in [0.5, 0.6) is 0 Å². The molecule has 8 nitrogen and oxygen atoms in total. The monoisotopic (exact) mass is 459 g/mol. The van der Waals surface area contributed by atoms with Gasteiger partial charge in [0, 0.05) is 38.9 Å². The summed E-state index contributed by atoms with van der Waals surface area (Å²) in [5, 5.41) is 3.33. The number of aromatic nitrogens is 2. The van der Waals surface area contributed by atoms with Crippen LogP contribution in [0.25, 0.3) is 11.7 Å². The summed E-state index contributed by atoms with van der Waals surface area (Å²) in [5.74, 6) is 0.305. The summed E-state index contributed by atoms with van der Waals surface area (Å²) in [6, 6.07) is 3.74. The van der Waals surface area contributed by atoms with Crippen LogP contribution in [0.15, 0.2) is 28.0 Å². The van der Waals surface area contributed by atoms with Gasteiger partial charge in [-0.3, -0.25) is 23.8 Å². The fraction of sp³-hybridized carbons (Fsp3) is 0.429. The van der Waals surface area contributed by atoms with Gasteiger partial charge in [-0.1, -0.05) is 30.0 Å². The average Bonchev–Trinajstić information content (AvgIpc) is 3.04. The van der Waals surface area contributed by atoms with E-state index in [2.05, 4.69) is 10.2 Å². The molecule has 0 saturated carbocycles. The maximum Gasteiger partial charge on any atom is 0.267 e. The Bertz CT molecular complexity index is 1110. The molecule has 2 saturated heterocycles. The predicted molar refractivity (Wildman–Crippen MR) is 128 cm³/mol. The smallest absolute Gasteiger partial charge is 0.267 e. The molecule has 0 aliphatic carbocycles. The van der Waals surface area contributed by atoms with Gasteiger partial charge in [-0.2, -0.15) is 0 Å². The van der Waals surface area contributed by atoms with E-state index in [9.17, 15) is 9.59 Å². The van der Waals surface area contributed by atoms with Gasteiger partial charge in [0.05, 0.1) is 23.7 Å². The first-order valence-electron chi connectivity index (χ1n) is 10.3. The fourth-order valence-corrected chi connectivity index (χ4v) is 5.00. The van der Waals surface area contributed by atoms with Crippen LogP contribution in [0.4, 0.5) is 5.82 Å². The number of amides is 1. The first-order valence-corrected chi connectivity index (χ1v) is 11.5. The molecule has 0 aromatic carbocycles. The number of rotatable bonds is 6. The zero-order valence-electron chi connectivity index (χ0n) is 17.6. The number of hydrogen-bond acceptors (Lipinski definition) is 8. The zero-order valence-corrected chi connectivity index (χ0v) is 19.2. The Labute approximate surface area is 190 Å². The number of nitrogens with zero attached hydrogens (tertiary/aromatic N) is 4. The Balaban J connectivity index is 1.70. The van der Waals surface area contributed by atoms with E-state index >= 15 is 0 Å². The van der Waals surface area contributed by atoms with E-state index in [-0.39, 0.29) is 11.5 Å². The molecule has 0 unspecified atom stereocenters. The van der Waals surface area contributed by atoms with Gasteiger partial charge in [0.1, 0.15) is 15.8 Å². The molecule has 4 rings (SSSR count). The lowest BCUT2D eigenvalue weighted by atomic mass is 10.2. The molecule has 10 heteroatoms. The highest BCUT2D eigenvalue weighted by Crippen LogP contribution is 2.32. The summed E-state index contributed by atoms with van der Waals surface area (Å²) in [6.45, 7) is 9.00. The Kier molecular flexibility index (Phi) is 6.71.